The van der Waals surface area contributed by atoms with Crippen molar-refractivity contribution in [3.8, 4) is 6.07 Å². The highest BCUT2D eigenvalue weighted by Gasteiger charge is 2.16. The summed E-state index contributed by atoms with van der Waals surface area (Å²) in [7, 11) is 0. The van der Waals surface area contributed by atoms with Crippen molar-refractivity contribution in [1.82, 2.24) is 4.98 Å². The van der Waals surface area contributed by atoms with Gasteiger partial charge in [-0.1, -0.05) is 0 Å². The first-order chi connectivity index (χ1) is 8.08. The minimum atomic E-state index is -0.887. The van der Waals surface area contributed by atoms with Gasteiger partial charge in [-0.05, 0) is 6.07 Å². The van der Waals surface area contributed by atoms with E-state index >= 15 is 0 Å². The lowest BCUT2D eigenvalue weighted by atomic mass is 10.3. The number of nitriles is 1. The van der Waals surface area contributed by atoms with E-state index in [0.717, 1.165) is 11.8 Å². The average Bonchev–Trinajstić information content (AvgIpc) is 2.35. The molecule has 90 valence electrons. The molecule has 17 heavy (non-hydrogen) atoms. The second-order valence-corrected chi connectivity index (χ2v) is 4.07. The minimum Gasteiger partial charge on any atom is -0.394 e. The van der Waals surface area contributed by atoms with E-state index in [0.29, 0.717) is 5.03 Å². The first kappa shape index (κ1) is 13.4. The van der Waals surface area contributed by atoms with E-state index in [1.54, 1.807) is 6.07 Å². The molecule has 0 spiro atoms. The Labute approximate surface area is 101 Å². The molecule has 0 radical (unpaired) electrons. The number of hydrogen-bond donors (Lipinski definition) is 2. The van der Waals surface area contributed by atoms with Crippen LogP contribution in [0.3, 0.4) is 0 Å². The van der Waals surface area contributed by atoms with Gasteiger partial charge in [0.1, 0.15) is 6.07 Å². The number of nitrogens with zero attached hydrogens (tertiary/aromatic N) is 3. The lowest BCUT2D eigenvalue weighted by Crippen LogP contribution is -2.14. The van der Waals surface area contributed by atoms with Gasteiger partial charge < -0.3 is 10.2 Å². The average molecular weight is 255 g/mol. The van der Waals surface area contributed by atoms with Crippen LogP contribution in [0.5, 0.6) is 0 Å². The summed E-state index contributed by atoms with van der Waals surface area (Å²) in [5.41, 5.74) is -0.613. The van der Waals surface area contributed by atoms with Crippen LogP contribution in [-0.4, -0.2) is 38.6 Å². The zero-order valence-electron chi connectivity index (χ0n) is 8.61. The van der Waals surface area contributed by atoms with Crippen molar-refractivity contribution in [3.05, 3.63) is 27.9 Å². The highest BCUT2D eigenvalue weighted by molar-refractivity contribution is 7.99. The van der Waals surface area contributed by atoms with Crippen LogP contribution in [0.15, 0.2) is 17.2 Å². The van der Waals surface area contributed by atoms with Crippen LogP contribution in [0.25, 0.3) is 0 Å². The Balaban J connectivity index is 2.84. The molecule has 1 aromatic rings. The Morgan fingerprint density at radius 2 is 2.35 bits per heavy atom. The number of aromatic nitrogens is 1. The van der Waals surface area contributed by atoms with E-state index in [9.17, 15) is 10.1 Å². The van der Waals surface area contributed by atoms with E-state index < -0.39 is 11.0 Å². The van der Waals surface area contributed by atoms with Gasteiger partial charge in [0.25, 0.3) is 0 Å². The normalized spacial score (nSPS) is 11.8. The quantitative estimate of drug-likeness (QED) is 0.441. The third-order valence-electron chi connectivity index (χ3n) is 1.79. The molecule has 0 aromatic carbocycles. The largest absolute Gasteiger partial charge is 0.394 e. The lowest BCUT2D eigenvalue weighted by Gasteiger charge is -2.05. The Morgan fingerprint density at radius 1 is 1.65 bits per heavy atom. The van der Waals surface area contributed by atoms with E-state index in [-0.39, 0.29) is 23.7 Å². The molecular weight excluding hydrogens is 246 g/mol. The molecule has 0 aliphatic heterocycles. The standard InChI is InChI=1S/C9H9N3O4S/c10-3-7-8(12(15)16)1-2-9(11-7)17-5-6(14)4-13/h1-2,6,13-14H,4-5H2. The van der Waals surface area contributed by atoms with Crippen molar-refractivity contribution in [2.45, 2.75) is 11.1 Å². The third-order valence-corrected chi connectivity index (χ3v) is 2.86. The van der Waals surface area contributed by atoms with Gasteiger partial charge in [0.05, 0.1) is 22.7 Å². The zero-order valence-corrected chi connectivity index (χ0v) is 9.42. The number of thioether (sulfide) groups is 1. The fraction of sp³-hybridized carbons (Fsp3) is 0.333. The second kappa shape index (κ2) is 6.15. The van der Waals surface area contributed by atoms with Crippen LogP contribution < -0.4 is 0 Å². The number of aliphatic hydroxyl groups excluding tert-OH is 2. The molecule has 1 heterocycles. The van der Waals surface area contributed by atoms with Gasteiger partial charge in [0, 0.05) is 11.8 Å². The van der Waals surface area contributed by atoms with Gasteiger partial charge in [0.15, 0.2) is 0 Å². The monoisotopic (exact) mass is 255 g/mol. The van der Waals surface area contributed by atoms with Crippen LogP contribution in [0.4, 0.5) is 5.69 Å². The number of rotatable bonds is 5. The van der Waals surface area contributed by atoms with Gasteiger partial charge in [0.2, 0.25) is 5.69 Å². The second-order valence-electron chi connectivity index (χ2n) is 3.03. The molecule has 0 saturated heterocycles. The molecule has 1 aromatic heterocycles. The summed E-state index contributed by atoms with van der Waals surface area (Å²) in [6.45, 7) is -0.370. The third kappa shape index (κ3) is 3.67. The maximum Gasteiger partial charge on any atom is 0.305 e. The summed E-state index contributed by atoms with van der Waals surface area (Å²) in [5.74, 6) is 0.201. The van der Waals surface area contributed by atoms with Crippen molar-refractivity contribution in [2.75, 3.05) is 12.4 Å². The maximum absolute atomic E-state index is 10.5. The molecule has 0 bridgehead atoms. The molecule has 1 atom stereocenters. The van der Waals surface area contributed by atoms with Crippen molar-refractivity contribution in [1.29, 1.82) is 5.26 Å². The summed E-state index contributed by atoms with van der Waals surface area (Å²) in [5, 5.41) is 37.3. The smallest absolute Gasteiger partial charge is 0.305 e. The van der Waals surface area contributed by atoms with Crippen LogP contribution in [-0.2, 0) is 0 Å². The molecule has 0 aliphatic rings. The van der Waals surface area contributed by atoms with Crippen molar-refractivity contribution in [2.24, 2.45) is 0 Å². The summed E-state index contributed by atoms with van der Waals surface area (Å²) >= 11 is 1.11. The van der Waals surface area contributed by atoms with Crippen molar-refractivity contribution >= 4 is 17.4 Å². The number of nitro groups is 1. The summed E-state index contributed by atoms with van der Waals surface area (Å²) in [4.78, 5) is 13.6. The van der Waals surface area contributed by atoms with Gasteiger partial charge in [-0.2, -0.15) is 5.26 Å². The Hall–Kier alpha value is -1.69. The Bertz CT molecular complexity index is 460. The SMILES string of the molecule is N#Cc1nc(SCC(O)CO)ccc1[N+](=O)[O-]. The fourth-order valence-electron chi connectivity index (χ4n) is 0.978. The highest BCUT2D eigenvalue weighted by Crippen LogP contribution is 2.22. The summed E-state index contributed by atoms with van der Waals surface area (Å²) < 4.78 is 0. The Morgan fingerprint density at radius 3 is 2.88 bits per heavy atom. The van der Waals surface area contributed by atoms with Crippen LogP contribution in [0.2, 0.25) is 0 Å². The molecule has 8 heteroatoms. The maximum atomic E-state index is 10.5. The van der Waals surface area contributed by atoms with E-state index in [1.807, 2.05) is 0 Å². The zero-order chi connectivity index (χ0) is 12.8. The van der Waals surface area contributed by atoms with Gasteiger partial charge in [-0.15, -0.1) is 11.8 Å². The number of hydrogen-bond acceptors (Lipinski definition) is 7. The molecule has 1 unspecified atom stereocenters. The molecule has 2 N–H and O–H groups in total. The predicted octanol–water partition coefficient (Wildman–Crippen LogP) is 0.307. The molecule has 0 amide bonds. The van der Waals surface area contributed by atoms with E-state index in [2.05, 4.69) is 4.98 Å². The molecule has 0 aliphatic carbocycles. The van der Waals surface area contributed by atoms with Gasteiger partial charge >= 0.3 is 5.69 Å². The van der Waals surface area contributed by atoms with Crippen LogP contribution in [0.1, 0.15) is 5.69 Å². The fourth-order valence-corrected chi connectivity index (χ4v) is 1.77. The summed E-state index contributed by atoms with van der Waals surface area (Å²) in [6.07, 6.45) is -0.887. The molecule has 0 saturated carbocycles. The minimum absolute atomic E-state index is 0.201. The molecule has 1 rings (SSSR count). The van der Waals surface area contributed by atoms with Crippen LogP contribution in [0, 0.1) is 21.4 Å². The number of aliphatic hydroxyl groups is 2. The number of pyridine rings is 1. The van der Waals surface area contributed by atoms with E-state index in [1.165, 1.54) is 12.1 Å². The summed E-state index contributed by atoms with van der Waals surface area (Å²) in [6, 6.07) is 4.23. The van der Waals surface area contributed by atoms with E-state index in [4.69, 9.17) is 15.5 Å². The first-order valence-electron chi connectivity index (χ1n) is 4.55. The van der Waals surface area contributed by atoms with Crippen LogP contribution >= 0.6 is 11.8 Å². The topological polar surface area (TPSA) is 120 Å². The highest BCUT2D eigenvalue weighted by atomic mass is 32.2. The van der Waals surface area contributed by atoms with Crippen molar-refractivity contribution in [3.63, 3.8) is 0 Å². The van der Waals surface area contributed by atoms with Gasteiger partial charge in [-0.3, -0.25) is 10.1 Å². The molecular formula is C9H9N3O4S. The first-order valence-corrected chi connectivity index (χ1v) is 5.54. The van der Waals surface area contributed by atoms with Crippen molar-refractivity contribution < 1.29 is 15.1 Å². The Kier molecular flexibility index (Phi) is 4.84. The lowest BCUT2D eigenvalue weighted by molar-refractivity contribution is -0.385. The molecule has 7 nitrogen and oxygen atoms in total. The molecule has 0 fully saturated rings. The predicted molar refractivity (Wildman–Crippen MR) is 59.4 cm³/mol. The van der Waals surface area contributed by atoms with Gasteiger partial charge in [-0.25, -0.2) is 4.98 Å².